The summed E-state index contributed by atoms with van der Waals surface area (Å²) in [5.74, 6) is 0. The molecule has 0 saturated carbocycles. The second-order valence-electron chi connectivity index (χ2n) is 4.89. The van der Waals surface area contributed by atoms with Crippen LogP contribution in [0.1, 0.15) is 32.8 Å². The van der Waals surface area contributed by atoms with Crippen molar-refractivity contribution in [1.82, 2.24) is 4.72 Å². The lowest BCUT2D eigenvalue weighted by Gasteiger charge is -2.24. The minimum Gasteiger partial charge on any atom is -0.326 e. The first-order chi connectivity index (χ1) is 8.64. The molecule has 19 heavy (non-hydrogen) atoms. The number of benzene rings is 1. The fraction of sp³-hybridized carbons (Fsp3) is 0.500. The van der Waals surface area contributed by atoms with E-state index in [9.17, 15) is 8.42 Å². The Morgan fingerprint density at radius 2 is 1.89 bits per heavy atom. The monoisotopic (exact) mass is 324 g/mol. The third-order valence-corrected chi connectivity index (χ3v) is 5.58. The highest BCUT2D eigenvalue weighted by atomic mass is 35.5. The van der Waals surface area contributed by atoms with Gasteiger partial charge in [0.05, 0.1) is 5.02 Å². The molecule has 1 aromatic rings. The molecular formula is C12H18Cl2N2O2S. The molecule has 1 rings (SSSR count). The van der Waals surface area contributed by atoms with Gasteiger partial charge in [-0.3, -0.25) is 0 Å². The Bertz CT molecular complexity index is 571. The number of hydrogen-bond donors (Lipinski definition) is 2. The molecule has 0 amide bonds. The molecule has 0 spiro atoms. The third-order valence-electron chi connectivity index (χ3n) is 2.94. The normalized spacial score (nSPS) is 12.7. The van der Waals surface area contributed by atoms with Crippen LogP contribution in [0, 0.1) is 0 Å². The molecule has 0 radical (unpaired) electrons. The van der Waals surface area contributed by atoms with Gasteiger partial charge < -0.3 is 5.73 Å². The molecule has 0 unspecified atom stereocenters. The van der Waals surface area contributed by atoms with Crippen LogP contribution in [0.15, 0.2) is 17.0 Å². The van der Waals surface area contributed by atoms with Crippen LogP contribution in [0.3, 0.4) is 0 Å². The Balaban J connectivity index is 3.31. The molecule has 3 N–H and O–H groups in total. The summed E-state index contributed by atoms with van der Waals surface area (Å²) in [6.45, 7) is 5.59. The maximum Gasteiger partial charge on any atom is 0.242 e. The topological polar surface area (TPSA) is 72.2 Å². The zero-order valence-electron chi connectivity index (χ0n) is 11.1. The molecule has 0 saturated heterocycles. The lowest BCUT2D eigenvalue weighted by Crippen LogP contribution is -2.42. The van der Waals surface area contributed by atoms with Crippen molar-refractivity contribution < 1.29 is 8.42 Å². The van der Waals surface area contributed by atoms with Gasteiger partial charge in [-0.25, -0.2) is 13.1 Å². The molecule has 0 aliphatic carbocycles. The van der Waals surface area contributed by atoms with E-state index in [4.69, 9.17) is 28.9 Å². The van der Waals surface area contributed by atoms with Crippen LogP contribution in [0.5, 0.6) is 0 Å². The number of halogens is 2. The van der Waals surface area contributed by atoms with Crippen LogP contribution in [0.2, 0.25) is 10.0 Å². The summed E-state index contributed by atoms with van der Waals surface area (Å²) in [5.41, 5.74) is 5.41. The van der Waals surface area contributed by atoms with Gasteiger partial charge in [-0.1, -0.05) is 30.1 Å². The van der Waals surface area contributed by atoms with Crippen molar-refractivity contribution in [2.24, 2.45) is 5.73 Å². The molecule has 0 atom stereocenters. The van der Waals surface area contributed by atoms with E-state index in [1.54, 1.807) is 13.8 Å². The van der Waals surface area contributed by atoms with E-state index in [0.29, 0.717) is 17.0 Å². The Kier molecular flexibility index (Phi) is 5.26. The average Bonchev–Trinajstić information content (AvgIpc) is 2.27. The predicted octanol–water partition coefficient (Wildman–Crippen LogP) is 2.92. The minimum atomic E-state index is -3.71. The van der Waals surface area contributed by atoms with Gasteiger partial charge in [0.2, 0.25) is 10.0 Å². The van der Waals surface area contributed by atoms with Crippen molar-refractivity contribution in [2.75, 3.05) is 0 Å². The third kappa shape index (κ3) is 3.83. The summed E-state index contributed by atoms with van der Waals surface area (Å²) in [4.78, 5) is 0.000502. The second kappa shape index (κ2) is 5.97. The van der Waals surface area contributed by atoms with E-state index in [0.717, 1.165) is 0 Å². The van der Waals surface area contributed by atoms with E-state index in [2.05, 4.69) is 4.72 Å². The SMILES string of the molecule is CCC(C)(C)NS(=O)(=O)c1ccc(Cl)c(CN)c1Cl. The smallest absolute Gasteiger partial charge is 0.242 e. The van der Waals surface area contributed by atoms with Crippen LogP contribution in [0.25, 0.3) is 0 Å². The van der Waals surface area contributed by atoms with Gasteiger partial charge in [-0.15, -0.1) is 0 Å². The largest absolute Gasteiger partial charge is 0.326 e. The summed E-state index contributed by atoms with van der Waals surface area (Å²) < 4.78 is 27.3. The highest BCUT2D eigenvalue weighted by Gasteiger charge is 2.27. The van der Waals surface area contributed by atoms with Gasteiger partial charge in [0, 0.05) is 22.7 Å². The van der Waals surface area contributed by atoms with E-state index in [-0.39, 0.29) is 16.5 Å². The number of nitrogens with one attached hydrogen (secondary N) is 1. The first-order valence-electron chi connectivity index (χ1n) is 5.85. The summed E-state index contributed by atoms with van der Waals surface area (Å²) >= 11 is 12.0. The van der Waals surface area contributed by atoms with Crippen molar-refractivity contribution in [3.63, 3.8) is 0 Å². The van der Waals surface area contributed by atoms with Crippen LogP contribution in [0.4, 0.5) is 0 Å². The van der Waals surface area contributed by atoms with Crippen molar-refractivity contribution in [1.29, 1.82) is 0 Å². The first kappa shape index (κ1) is 16.7. The summed E-state index contributed by atoms with van der Waals surface area (Å²) in [6.07, 6.45) is 0.654. The molecule has 0 heterocycles. The fourth-order valence-corrected chi connectivity index (χ4v) is 3.88. The van der Waals surface area contributed by atoms with Gasteiger partial charge in [0.15, 0.2) is 0 Å². The molecule has 108 valence electrons. The van der Waals surface area contributed by atoms with Crippen molar-refractivity contribution in [2.45, 2.75) is 44.2 Å². The van der Waals surface area contributed by atoms with Gasteiger partial charge in [0.25, 0.3) is 0 Å². The lowest BCUT2D eigenvalue weighted by atomic mass is 10.0. The Hall–Kier alpha value is -0.330. The molecule has 0 aromatic heterocycles. The van der Waals surface area contributed by atoms with E-state index >= 15 is 0 Å². The Morgan fingerprint density at radius 1 is 1.32 bits per heavy atom. The van der Waals surface area contributed by atoms with Crippen LogP contribution >= 0.6 is 23.2 Å². The quantitative estimate of drug-likeness (QED) is 0.874. The van der Waals surface area contributed by atoms with E-state index in [1.165, 1.54) is 12.1 Å². The molecular weight excluding hydrogens is 307 g/mol. The molecule has 1 aromatic carbocycles. The average molecular weight is 325 g/mol. The van der Waals surface area contributed by atoms with Crippen molar-refractivity contribution >= 4 is 33.2 Å². The zero-order chi connectivity index (χ0) is 14.8. The molecule has 4 nitrogen and oxygen atoms in total. The fourth-order valence-electron chi connectivity index (χ4n) is 1.46. The zero-order valence-corrected chi connectivity index (χ0v) is 13.5. The molecule has 0 fully saturated rings. The summed E-state index contributed by atoms with van der Waals surface area (Å²) in [7, 11) is -3.71. The molecule has 0 bridgehead atoms. The summed E-state index contributed by atoms with van der Waals surface area (Å²) in [6, 6.07) is 2.88. The summed E-state index contributed by atoms with van der Waals surface area (Å²) in [5, 5.41) is 0.440. The molecule has 0 aliphatic heterocycles. The predicted molar refractivity (Wildman–Crippen MR) is 79.0 cm³/mol. The standard InChI is InChI=1S/C12H18Cl2N2O2S/c1-4-12(2,3)16-19(17,18)10-6-5-9(13)8(7-15)11(10)14/h5-6,16H,4,7,15H2,1-3H3. The Morgan fingerprint density at radius 3 is 2.37 bits per heavy atom. The van der Waals surface area contributed by atoms with E-state index < -0.39 is 15.6 Å². The maximum absolute atomic E-state index is 12.3. The molecule has 0 aliphatic rings. The first-order valence-corrected chi connectivity index (χ1v) is 8.09. The van der Waals surface area contributed by atoms with Gasteiger partial charge in [-0.2, -0.15) is 0 Å². The molecule has 7 heteroatoms. The van der Waals surface area contributed by atoms with Crippen LogP contribution < -0.4 is 10.5 Å². The van der Waals surface area contributed by atoms with Crippen LogP contribution in [-0.4, -0.2) is 14.0 Å². The van der Waals surface area contributed by atoms with Crippen LogP contribution in [-0.2, 0) is 16.6 Å². The van der Waals surface area contributed by atoms with E-state index in [1.807, 2.05) is 6.92 Å². The number of hydrogen-bond acceptors (Lipinski definition) is 3. The lowest BCUT2D eigenvalue weighted by molar-refractivity contribution is 0.439. The maximum atomic E-state index is 12.3. The number of sulfonamides is 1. The minimum absolute atomic E-state index is 0.000502. The van der Waals surface area contributed by atoms with Gasteiger partial charge in [0.1, 0.15) is 4.90 Å². The van der Waals surface area contributed by atoms with Crippen molar-refractivity contribution in [3.8, 4) is 0 Å². The Labute approximate surface area is 124 Å². The highest BCUT2D eigenvalue weighted by Crippen LogP contribution is 2.31. The van der Waals surface area contributed by atoms with Gasteiger partial charge >= 0.3 is 0 Å². The number of nitrogens with two attached hydrogens (primary N) is 1. The second-order valence-corrected chi connectivity index (χ2v) is 7.32. The van der Waals surface area contributed by atoms with Crippen molar-refractivity contribution in [3.05, 3.63) is 27.7 Å². The highest BCUT2D eigenvalue weighted by molar-refractivity contribution is 7.89. The van der Waals surface area contributed by atoms with Gasteiger partial charge in [-0.05, 0) is 32.4 Å². The number of rotatable bonds is 5.